The van der Waals surface area contributed by atoms with E-state index in [1.807, 2.05) is 43.3 Å². The number of methoxy groups -OCH3 is 1. The maximum absolute atomic E-state index is 13.7. The molecular formula is C32H28FN5O3. The molecule has 1 aliphatic heterocycles. The van der Waals surface area contributed by atoms with Crippen LogP contribution in [0.1, 0.15) is 40.0 Å². The van der Waals surface area contributed by atoms with Gasteiger partial charge in [0.2, 0.25) is 0 Å². The molecule has 0 bridgehead atoms. The van der Waals surface area contributed by atoms with Gasteiger partial charge in [0.1, 0.15) is 11.6 Å². The number of halogens is 1. The Balaban J connectivity index is 1.28. The quantitative estimate of drug-likeness (QED) is 0.223. The Morgan fingerprint density at radius 3 is 2.34 bits per heavy atom. The topological polar surface area (TPSA) is 93.1 Å². The zero-order valence-electron chi connectivity index (χ0n) is 22.7. The van der Waals surface area contributed by atoms with Crippen LogP contribution in [0.3, 0.4) is 0 Å². The van der Waals surface area contributed by atoms with Gasteiger partial charge in [-0.3, -0.25) is 9.59 Å². The highest BCUT2D eigenvalue weighted by molar-refractivity contribution is 6.45. The normalized spacial score (nSPS) is 13.4. The Bertz CT molecular complexity index is 1780. The summed E-state index contributed by atoms with van der Waals surface area (Å²) in [7, 11) is 1.50. The first kappa shape index (κ1) is 26.2. The van der Waals surface area contributed by atoms with Crippen LogP contribution in [0.4, 0.5) is 4.39 Å². The van der Waals surface area contributed by atoms with Gasteiger partial charge in [-0.15, -0.1) is 0 Å². The van der Waals surface area contributed by atoms with Crippen molar-refractivity contribution in [2.45, 2.75) is 19.8 Å². The van der Waals surface area contributed by atoms with Gasteiger partial charge < -0.3 is 14.6 Å². The number of rotatable bonds is 6. The van der Waals surface area contributed by atoms with Crippen LogP contribution in [0.15, 0.2) is 84.8 Å². The van der Waals surface area contributed by atoms with Crippen molar-refractivity contribution in [2.24, 2.45) is 0 Å². The fraction of sp³-hybridized carbons (Fsp3) is 0.188. The molecule has 0 saturated carbocycles. The number of fused-ring (bicyclic) bond motifs is 1. The standard InChI is InChI=1S/C32H28FN5O3/c1-20-12-17-38(36-20)31-29-28(26(41-2)19-35-31)25(18-34-29)30(39)32(40)37-15-13-23(14-16-37)27(21-6-4-3-5-7-21)22-8-10-24(33)11-9-22/h3-12,17-19,34H,13-16H2,1-2H3. The Morgan fingerprint density at radius 1 is 0.976 bits per heavy atom. The first-order chi connectivity index (χ1) is 19.9. The average molecular weight is 550 g/mol. The van der Waals surface area contributed by atoms with Gasteiger partial charge in [0.15, 0.2) is 5.82 Å². The minimum absolute atomic E-state index is 0.229. The number of likely N-dealkylation sites (tertiary alicyclic amines) is 1. The van der Waals surface area contributed by atoms with Crippen LogP contribution in [-0.4, -0.2) is 56.5 Å². The molecule has 0 aliphatic carbocycles. The molecule has 0 unspecified atom stereocenters. The predicted molar refractivity (Wildman–Crippen MR) is 154 cm³/mol. The van der Waals surface area contributed by atoms with E-state index in [-0.39, 0.29) is 11.4 Å². The van der Waals surface area contributed by atoms with Crippen molar-refractivity contribution >= 4 is 28.2 Å². The summed E-state index contributed by atoms with van der Waals surface area (Å²) < 4.78 is 20.8. The summed E-state index contributed by atoms with van der Waals surface area (Å²) in [5.41, 5.74) is 5.77. The van der Waals surface area contributed by atoms with Gasteiger partial charge in [0, 0.05) is 25.5 Å². The van der Waals surface area contributed by atoms with Crippen LogP contribution in [0.5, 0.6) is 5.75 Å². The lowest BCUT2D eigenvalue weighted by molar-refractivity contribution is -0.126. The number of Topliss-reactive ketones (excluding diaryl/α,β-unsaturated/α-hetero) is 1. The molecule has 0 radical (unpaired) electrons. The molecule has 1 fully saturated rings. The molecule has 4 heterocycles. The first-order valence-corrected chi connectivity index (χ1v) is 13.4. The van der Waals surface area contributed by atoms with Crippen LogP contribution >= 0.6 is 0 Å². The third kappa shape index (κ3) is 4.91. The molecule has 2 aromatic carbocycles. The number of carbonyl (C=O) groups excluding carboxylic acids is 2. The maximum atomic E-state index is 13.7. The monoisotopic (exact) mass is 549 g/mol. The highest BCUT2D eigenvalue weighted by atomic mass is 19.1. The summed E-state index contributed by atoms with van der Waals surface area (Å²) in [5.74, 6) is -0.578. The molecule has 0 spiro atoms. The van der Waals surface area contributed by atoms with E-state index in [1.54, 1.807) is 27.9 Å². The molecule has 206 valence electrons. The number of ketones is 1. The van der Waals surface area contributed by atoms with Crippen molar-refractivity contribution in [1.82, 2.24) is 24.6 Å². The van der Waals surface area contributed by atoms with E-state index in [0.29, 0.717) is 48.4 Å². The molecule has 8 nitrogen and oxygen atoms in total. The molecule has 9 heteroatoms. The third-order valence-electron chi connectivity index (χ3n) is 7.46. The van der Waals surface area contributed by atoms with Crippen molar-refractivity contribution in [1.29, 1.82) is 0 Å². The third-order valence-corrected chi connectivity index (χ3v) is 7.46. The summed E-state index contributed by atoms with van der Waals surface area (Å²) in [4.78, 5) is 36.2. The molecule has 41 heavy (non-hydrogen) atoms. The summed E-state index contributed by atoms with van der Waals surface area (Å²) in [6, 6.07) is 18.3. The largest absolute Gasteiger partial charge is 0.494 e. The molecule has 1 amide bonds. The average Bonchev–Trinajstić information content (AvgIpc) is 3.65. The Morgan fingerprint density at radius 2 is 1.68 bits per heavy atom. The van der Waals surface area contributed by atoms with Gasteiger partial charge in [0.05, 0.1) is 35.5 Å². The van der Waals surface area contributed by atoms with Crippen molar-refractivity contribution in [3.63, 3.8) is 0 Å². The molecule has 0 atom stereocenters. The number of carbonyl (C=O) groups is 2. The zero-order chi connectivity index (χ0) is 28.5. The highest BCUT2D eigenvalue weighted by Gasteiger charge is 2.30. The van der Waals surface area contributed by atoms with Gasteiger partial charge in [0.25, 0.3) is 11.7 Å². The first-order valence-electron chi connectivity index (χ1n) is 13.4. The lowest BCUT2D eigenvalue weighted by atomic mass is 9.88. The second kappa shape index (κ2) is 10.8. The number of hydrogen-bond acceptors (Lipinski definition) is 5. The molecule has 1 N–H and O–H groups in total. The van der Waals surface area contributed by atoms with E-state index in [2.05, 4.69) is 15.1 Å². The molecule has 3 aromatic heterocycles. The number of H-pyrrole nitrogens is 1. The number of aryl methyl sites for hydroxylation is 1. The molecule has 1 aliphatic rings. The molecular weight excluding hydrogens is 521 g/mol. The van der Waals surface area contributed by atoms with Crippen LogP contribution in [0.25, 0.3) is 22.3 Å². The summed E-state index contributed by atoms with van der Waals surface area (Å²) in [6.45, 7) is 2.67. The number of aromatic amines is 1. The van der Waals surface area contributed by atoms with Crippen LogP contribution in [0, 0.1) is 12.7 Å². The predicted octanol–water partition coefficient (Wildman–Crippen LogP) is 5.51. The van der Waals surface area contributed by atoms with Gasteiger partial charge in [-0.05, 0) is 54.7 Å². The van der Waals surface area contributed by atoms with Crippen molar-refractivity contribution in [2.75, 3.05) is 20.2 Å². The Kier molecular flexibility index (Phi) is 6.93. The van der Waals surface area contributed by atoms with Crippen LogP contribution < -0.4 is 4.74 Å². The van der Waals surface area contributed by atoms with E-state index < -0.39 is 11.7 Å². The molecule has 1 saturated heterocycles. The zero-order valence-corrected chi connectivity index (χ0v) is 22.7. The minimum atomic E-state index is -0.613. The van der Waals surface area contributed by atoms with Crippen LogP contribution in [0.2, 0.25) is 0 Å². The van der Waals surface area contributed by atoms with E-state index in [4.69, 9.17) is 4.74 Å². The number of nitrogens with zero attached hydrogens (tertiary/aromatic N) is 4. The van der Waals surface area contributed by atoms with E-state index in [1.165, 1.54) is 37.2 Å². The molecule has 6 rings (SSSR count). The number of aromatic nitrogens is 4. The molecule has 5 aromatic rings. The Labute approximate surface area is 236 Å². The summed E-state index contributed by atoms with van der Waals surface area (Å²) in [6.07, 6.45) is 6.05. The van der Waals surface area contributed by atoms with Gasteiger partial charge in [-0.25, -0.2) is 14.1 Å². The maximum Gasteiger partial charge on any atom is 0.295 e. The van der Waals surface area contributed by atoms with Gasteiger partial charge in [-0.2, -0.15) is 5.10 Å². The van der Waals surface area contributed by atoms with Crippen molar-refractivity contribution in [3.05, 3.63) is 113 Å². The number of pyridine rings is 1. The second-order valence-corrected chi connectivity index (χ2v) is 9.98. The second-order valence-electron chi connectivity index (χ2n) is 9.98. The number of nitrogens with one attached hydrogen (secondary N) is 1. The van der Waals surface area contributed by atoms with E-state index in [9.17, 15) is 14.0 Å². The number of ether oxygens (including phenoxy) is 1. The van der Waals surface area contributed by atoms with Gasteiger partial charge in [-0.1, -0.05) is 48.0 Å². The minimum Gasteiger partial charge on any atom is -0.494 e. The lowest BCUT2D eigenvalue weighted by Gasteiger charge is -2.30. The fourth-order valence-electron chi connectivity index (χ4n) is 5.43. The number of hydrogen-bond donors (Lipinski definition) is 1. The van der Waals surface area contributed by atoms with Crippen LogP contribution in [-0.2, 0) is 4.79 Å². The SMILES string of the molecule is COc1cnc(-n2ccc(C)n2)c2[nH]cc(C(=O)C(=O)N3CCC(=C(c4ccccc4)c4ccc(F)cc4)CC3)c12. The fourth-order valence-corrected chi connectivity index (χ4v) is 5.43. The van der Waals surface area contributed by atoms with Gasteiger partial charge >= 0.3 is 0 Å². The highest BCUT2D eigenvalue weighted by Crippen LogP contribution is 2.34. The van der Waals surface area contributed by atoms with Crippen molar-refractivity contribution < 1.29 is 18.7 Å². The van der Waals surface area contributed by atoms with Crippen molar-refractivity contribution in [3.8, 4) is 11.6 Å². The number of amides is 1. The van der Waals surface area contributed by atoms with E-state index in [0.717, 1.165) is 22.4 Å². The summed E-state index contributed by atoms with van der Waals surface area (Å²) in [5, 5.41) is 4.92. The lowest BCUT2D eigenvalue weighted by Crippen LogP contribution is -2.40. The smallest absolute Gasteiger partial charge is 0.295 e. The Hall–Kier alpha value is -5.05. The number of piperidine rings is 1. The van der Waals surface area contributed by atoms with E-state index >= 15 is 0 Å². The number of benzene rings is 2. The summed E-state index contributed by atoms with van der Waals surface area (Å²) >= 11 is 0.